The summed E-state index contributed by atoms with van der Waals surface area (Å²) in [4.78, 5) is 1.28. The highest BCUT2D eigenvalue weighted by molar-refractivity contribution is 7.99. The number of para-hydroxylation sites is 2. The van der Waals surface area contributed by atoms with Crippen molar-refractivity contribution in [3.63, 3.8) is 0 Å². The number of aliphatic hydroxyl groups excluding tert-OH is 2. The van der Waals surface area contributed by atoms with E-state index in [1.807, 2.05) is 24.3 Å². The monoisotopic (exact) mass is 396 g/mol. The number of ether oxygens (including phenoxy) is 2. The van der Waals surface area contributed by atoms with Gasteiger partial charge in [0, 0.05) is 10.6 Å². The van der Waals surface area contributed by atoms with Crippen LogP contribution in [-0.4, -0.2) is 55.6 Å². The van der Waals surface area contributed by atoms with Crippen molar-refractivity contribution in [3.8, 4) is 11.5 Å². The number of aliphatic hydroxyl groups is 2. The van der Waals surface area contributed by atoms with Gasteiger partial charge in [0.05, 0.1) is 11.9 Å². The average Bonchev–Trinajstić information content (AvgIpc) is 2.89. The van der Waals surface area contributed by atoms with Crippen LogP contribution in [0, 0.1) is 0 Å². The fraction of sp³-hybridized carbons (Fsp3) is 0.333. The zero-order valence-corrected chi connectivity index (χ0v) is 15.6. The van der Waals surface area contributed by atoms with Crippen LogP contribution in [0.4, 0.5) is 0 Å². The van der Waals surface area contributed by atoms with Gasteiger partial charge < -0.3 is 19.7 Å². The molecule has 140 valence electrons. The SMILES string of the molecule is O=S1(=O)CC(O)COc2ccccc21.OC1COc2ccccc2SC1. The van der Waals surface area contributed by atoms with Gasteiger partial charge in [-0.05, 0) is 24.3 Å². The van der Waals surface area contributed by atoms with Crippen LogP contribution < -0.4 is 9.47 Å². The summed E-state index contributed by atoms with van der Waals surface area (Å²) in [6.07, 6.45) is -1.30. The molecule has 0 amide bonds. The first kappa shape index (κ1) is 19.0. The minimum Gasteiger partial charge on any atom is -0.490 e. The molecule has 2 unspecified atom stereocenters. The molecular weight excluding hydrogens is 376 g/mol. The molecule has 6 nitrogen and oxygen atoms in total. The number of fused-ring (bicyclic) bond motifs is 2. The smallest absolute Gasteiger partial charge is 0.184 e. The molecule has 0 fully saturated rings. The molecule has 2 aromatic carbocycles. The molecule has 2 aliphatic heterocycles. The molecule has 8 heteroatoms. The van der Waals surface area contributed by atoms with Crippen molar-refractivity contribution in [2.24, 2.45) is 0 Å². The first-order chi connectivity index (χ1) is 12.5. The Morgan fingerprint density at radius 1 is 0.885 bits per heavy atom. The molecule has 0 spiro atoms. The lowest BCUT2D eigenvalue weighted by atomic mass is 10.3. The summed E-state index contributed by atoms with van der Waals surface area (Å²) >= 11 is 1.64. The van der Waals surface area contributed by atoms with E-state index in [-0.39, 0.29) is 23.4 Å². The Bertz CT molecular complexity index is 825. The summed E-state index contributed by atoms with van der Waals surface area (Å²) in [6.45, 7) is 0.431. The second-order valence-electron chi connectivity index (χ2n) is 5.92. The van der Waals surface area contributed by atoms with E-state index >= 15 is 0 Å². The van der Waals surface area contributed by atoms with Crippen molar-refractivity contribution in [1.29, 1.82) is 0 Å². The Morgan fingerprint density at radius 2 is 1.50 bits per heavy atom. The number of hydrogen-bond donors (Lipinski definition) is 2. The summed E-state index contributed by atoms with van der Waals surface area (Å²) in [6, 6.07) is 14.3. The van der Waals surface area contributed by atoms with Crippen LogP contribution in [0.15, 0.2) is 58.3 Å². The lowest BCUT2D eigenvalue weighted by Crippen LogP contribution is -2.23. The molecule has 0 aliphatic carbocycles. The van der Waals surface area contributed by atoms with Gasteiger partial charge in [-0.15, -0.1) is 11.8 Å². The minimum atomic E-state index is -3.40. The predicted octanol–water partition coefficient (Wildman–Crippen LogP) is 1.75. The van der Waals surface area contributed by atoms with Gasteiger partial charge in [-0.25, -0.2) is 8.42 Å². The van der Waals surface area contributed by atoms with Crippen molar-refractivity contribution < 1.29 is 28.1 Å². The number of rotatable bonds is 0. The predicted molar refractivity (Wildman–Crippen MR) is 98.7 cm³/mol. The molecule has 4 rings (SSSR count). The second kappa shape index (κ2) is 8.30. The van der Waals surface area contributed by atoms with E-state index in [0.717, 1.165) is 16.4 Å². The quantitative estimate of drug-likeness (QED) is 0.701. The normalized spacial score (nSPS) is 23.5. The van der Waals surface area contributed by atoms with Crippen LogP contribution in [0.2, 0.25) is 0 Å². The van der Waals surface area contributed by atoms with Crippen molar-refractivity contribution >= 4 is 21.6 Å². The Balaban J connectivity index is 0.000000152. The van der Waals surface area contributed by atoms with E-state index in [1.54, 1.807) is 30.0 Å². The molecule has 2 aliphatic rings. The molecular formula is C18H20O6S2. The van der Waals surface area contributed by atoms with Crippen LogP contribution in [0.3, 0.4) is 0 Å². The Hall–Kier alpha value is -1.74. The lowest BCUT2D eigenvalue weighted by molar-refractivity contribution is 0.126. The standard InChI is InChI=1S/C9H10O4S.C9H10O2S/c10-7-5-13-8-3-1-2-4-9(8)14(11,12)6-7;10-7-5-11-8-3-1-2-4-9(8)12-6-7/h1-4,7,10H,5-6H2;1-4,7,10H,5-6H2. The molecule has 0 bridgehead atoms. The van der Waals surface area contributed by atoms with E-state index in [1.165, 1.54) is 6.07 Å². The van der Waals surface area contributed by atoms with Gasteiger partial charge >= 0.3 is 0 Å². The van der Waals surface area contributed by atoms with Gasteiger partial charge in [0.1, 0.15) is 35.7 Å². The maximum atomic E-state index is 11.7. The van der Waals surface area contributed by atoms with Crippen LogP contribution in [0.25, 0.3) is 0 Å². The average molecular weight is 396 g/mol. The van der Waals surface area contributed by atoms with E-state index in [2.05, 4.69) is 0 Å². The Kier molecular flexibility index (Phi) is 6.08. The first-order valence-corrected chi connectivity index (χ1v) is 10.7. The molecule has 2 atom stereocenters. The van der Waals surface area contributed by atoms with Crippen LogP contribution in [-0.2, 0) is 9.84 Å². The highest BCUT2D eigenvalue weighted by atomic mass is 32.2. The number of thioether (sulfide) groups is 1. The molecule has 2 aromatic rings. The summed E-state index contributed by atoms with van der Waals surface area (Å²) in [7, 11) is -3.40. The van der Waals surface area contributed by atoms with E-state index in [9.17, 15) is 18.6 Å². The van der Waals surface area contributed by atoms with Gasteiger partial charge in [0.25, 0.3) is 0 Å². The van der Waals surface area contributed by atoms with E-state index in [4.69, 9.17) is 9.47 Å². The molecule has 0 aromatic heterocycles. The first-order valence-electron chi connectivity index (χ1n) is 8.11. The highest BCUT2D eigenvalue weighted by Gasteiger charge is 2.27. The van der Waals surface area contributed by atoms with Crippen molar-refractivity contribution in [2.75, 3.05) is 24.7 Å². The van der Waals surface area contributed by atoms with Crippen LogP contribution in [0.1, 0.15) is 0 Å². The zero-order chi connectivity index (χ0) is 18.6. The van der Waals surface area contributed by atoms with Gasteiger partial charge in [0.2, 0.25) is 0 Å². The van der Waals surface area contributed by atoms with Gasteiger partial charge in [-0.1, -0.05) is 24.3 Å². The molecule has 0 radical (unpaired) electrons. The topological polar surface area (TPSA) is 93.1 Å². The summed E-state index contributed by atoms with van der Waals surface area (Å²) in [5, 5.41) is 18.6. The largest absolute Gasteiger partial charge is 0.490 e. The van der Waals surface area contributed by atoms with Gasteiger partial charge in [-0.3, -0.25) is 0 Å². The van der Waals surface area contributed by atoms with Crippen LogP contribution in [0.5, 0.6) is 11.5 Å². The second-order valence-corrected chi connectivity index (χ2v) is 8.98. The summed E-state index contributed by atoms with van der Waals surface area (Å²) < 4.78 is 33.9. The molecule has 2 N–H and O–H groups in total. The van der Waals surface area contributed by atoms with E-state index < -0.39 is 15.9 Å². The Morgan fingerprint density at radius 3 is 2.31 bits per heavy atom. The van der Waals surface area contributed by atoms with Gasteiger partial charge in [0.15, 0.2) is 9.84 Å². The Labute approximate surface area is 156 Å². The van der Waals surface area contributed by atoms with Crippen molar-refractivity contribution in [1.82, 2.24) is 0 Å². The minimum absolute atomic E-state index is 0.0241. The number of benzene rings is 2. The maximum Gasteiger partial charge on any atom is 0.184 e. The highest BCUT2D eigenvalue weighted by Crippen LogP contribution is 2.31. The van der Waals surface area contributed by atoms with Crippen molar-refractivity contribution in [2.45, 2.75) is 22.0 Å². The number of hydrogen-bond acceptors (Lipinski definition) is 7. The van der Waals surface area contributed by atoms with Crippen molar-refractivity contribution in [3.05, 3.63) is 48.5 Å². The molecule has 2 heterocycles. The zero-order valence-electron chi connectivity index (χ0n) is 13.9. The maximum absolute atomic E-state index is 11.7. The van der Waals surface area contributed by atoms with Gasteiger partial charge in [-0.2, -0.15) is 0 Å². The summed E-state index contributed by atoms with van der Waals surface area (Å²) in [5.74, 6) is 1.66. The van der Waals surface area contributed by atoms with E-state index in [0.29, 0.717) is 12.4 Å². The third-order valence-electron chi connectivity index (χ3n) is 3.74. The number of sulfone groups is 1. The molecule has 26 heavy (non-hydrogen) atoms. The fourth-order valence-corrected chi connectivity index (χ4v) is 4.93. The fourth-order valence-electron chi connectivity index (χ4n) is 2.51. The third-order valence-corrected chi connectivity index (χ3v) is 6.77. The molecule has 0 saturated carbocycles. The lowest BCUT2D eigenvalue weighted by Gasteiger charge is -2.05. The third kappa shape index (κ3) is 4.70. The summed E-state index contributed by atoms with van der Waals surface area (Å²) in [5.41, 5.74) is 0. The van der Waals surface area contributed by atoms with Crippen LogP contribution >= 0.6 is 11.8 Å². The molecule has 0 saturated heterocycles.